The van der Waals surface area contributed by atoms with Crippen LogP contribution in [0.1, 0.15) is 26.7 Å². The van der Waals surface area contributed by atoms with Gasteiger partial charge in [-0.3, -0.25) is 4.90 Å². The first kappa shape index (κ1) is 8.91. The normalized spacial score (nSPS) is 27.3. The summed E-state index contributed by atoms with van der Waals surface area (Å²) in [6, 6.07) is -0.216. The van der Waals surface area contributed by atoms with Gasteiger partial charge in [0.15, 0.2) is 0 Å². The highest BCUT2D eigenvalue weighted by molar-refractivity contribution is 4.82. The molecule has 0 radical (unpaired) electrons. The second-order valence-electron chi connectivity index (χ2n) is 3.38. The van der Waals surface area contributed by atoms with Gasteiger partial charge in [-0.2, -0.15) is 0 Å². The molecule has 1 nitrogen and oxygen atoms in total. The van der Waals surface area contributed by atoms with Crippen molar-refractivity contribution in [2.75, 3.05) is 6.54 Å². The zero-order chi connectivity index (χ0) is 8.43. The van der Waals surface area contributed by atoms with Crippen molar-refractivity contribution < 1.29 is 8.78 Å². The molecule has 66 valence electrons. The summed E-state index contributed by atoms with van der Waals surface area (Å²) in [4.78, 5) is 1.89. The molecule has 1 atom stereocenters. The highest BCUT2D eigenvalue weighted by Crippen LogP contribution is 2.24. The van der Waals surface area contributed by atoms with Crippen LogP contribution in [-0.4, -0.2) is 30.0 Å². The fourth-order valence-electron chi connectivity index (χ4n) is 1.73. The first-order valence-electron chi connectivity index (χ1n) is 4.17. The molecule has 11 heavy (non-hydrogen) atoms. The van der Waals surface area contributed by atoms with Crippen molar-refractivity contribution in [1.29, 1.82) is 0 Å². The lowest BCUT2D eigenvalue weighted by atomic mass is 10.2. The molecule has 0 unspecified atom stereocenters. The molecule has 0 N–H and O–H groups in total. The van der Waals surface area contributed by atoms with Crippen LogP contribution in [0.15, 0.2) is 0 Å². The molecule has 1 heterocycles. The Morgan fingerprint density at radius 1 is 1.36 bits per heavy atom. The van der Waals surface area contributed by atoms with Crippen LogP contribution in [0.25, 0.3) is 0 Å². The molecule has 1 fully saturated rings. The van der Waals surface area contributed by atoms with Crippen molar-refractivity contribution in [3.05, 3.63) is 0 Å². The van der Waals surface area contributed by atoms with Gasteiger partial charge in [0.1, 0.15) is 0 Å². The third kappa shape index (κ3) is 1.89. The lowest BCUT2D eigenvalue weighted by molar-refractivity contribution is 0.0339. The molecular weight excluding hydrogens is 148 g/mol. The fourth-order valence-corrected chi connectivity index (χ4v) is 1.73. The monoisotopic (exact) mass is 163 g/mol. The van der Waals surface area contributed by atoms with Gasteiger partial charge < -0.3 is 0 Å². The molecule has 3 heteroatoms. The molecule has 0 aliphatic carbocycles. The van der Waals surface area contributed by atoms with E-state index in [1.54, 1.807) is 0 Å². The van der Waals surface area contributed by atoms with E-state index in [0.717, 1.165) is 13.0 Å². The van der Waals surface area contributed by atoms with Crippen LogP contribution in [0, 0.1) is 0 Å². The van der Waals surface area contributed by atoms with Crippen LogP contribution < -0.4 is 0 Å². The summed E-state index contributed by atoms with van der Waals surface area (Å²) >= 11 is 0. The van der Waals surface area contributed by atoms with Gasteiger partial charge in [0.2, 0.25) is 0 Å². The fraction of sp³-hybridized carbons (Fsp3) is 1.00. The zero-order valence-electron chi connectivity index (χ0n) is 7.06. The van der Waals surface area contributed by atoms with Crippen LogP contribution in [0.3, 0.4) is 0 Å². The molecule has 0 saturated carbocycles. The predicted molar refractivity (Wildman–Crippen MR) is 40.9 cm³/mol. The van der Waals surface area contributed by atoms with Gasteiger partial charge in [-0.05, 0) is 33.2 Å². The Morgan fingerprint density at radius 2 is 2.00 bits per heavy atom. The highest BCUT2D eigenvalue weighted by Gasteiger charge is 2.32. The third-order valence-corrected chi connectivity index (χ3v) is 2.30. The van der Waals surface area contributed by atoms with Crippen molar-refractivity contribution in [2.45, 2.75) is 45.2 Å². The van der Waals surface area contributed by atoms with E-state index in [4.69, 9.17) is 0 Å². The minimum absolute atomic E-state index is 0.261. The molecule has 0 bridgehead atoms. The Kier molecular flexibility index (Phi) is 2.82. The molecule has 0 spiro atoms. The Balaban J connectivity index is 2.51. The SMILES string of the molecule is CC(C)N1CCC[C@@H]1C(F)F. The largest absolute Gasteiger partial charge is 0.293 e. The van der Waals surface area contributed by atoms with Gasteiger partial charge in [-0.1, -0.05) is 0 Å². The highest BCUT2D eigenvalue weighted by atomic mass is 19.3. The maximum absolute atomic E-state index is 12.3. The number of rotatable bonds is 2. The Labute approximate surface area is 66.4 Å². The van der Waals surface area contributed by atoms with E-state index in [2.05, 4.69) is 0 Å². The number of nitrogens with zero attached hydrogens (tertiary/aromatic N) is 1. The van der Waals surface area contributed by atoms with Crippen LogP contribution in [0.5, 0.6) is 0 Å². The van der Waals surface area contributed by atoms with Crippen LogP contribution in [0.2, 0.25) is 0 Å². The molecular formula is C8H15F2N. The van der Waals surface area contributed by atoms with E-state index < -0.39 is 12.5 Å². The van der Waals surface area contributed by atoms with E-state index in [9.17, 15) is 8.78 Å². The Morgan fingerprint density at radius 3 is 2.36 bits per heavy atom. The summed E-state index contributed by atoms with van der Waals surface area (Å²) in [5.41, 5.74) is 0. The topological polar surface area (TPSA) is 3.24 Å². The van der Waals surface area contributed by atoms with Gasteiger partial charge in [-0.15, -0.1) is 0 Å². The second kappa shape index (κ2) is 3.48. The molecule has 1 aliphatic heterocycles. The van der Waals surface area contributed by atoms with Gasteiger partial charge in [0.05, 0.1) is 6.04 Å². The minimum Gasteiger partial charge on any atom is -0.293 e. The van der Waals surface area contributed by atoms with E-state index in [-0.39, 0.29) is 6.04 Å². The molecule has 1 aliphatic rings. The van der Waals surface area contributed by atoms with E-state index >= 15 is 0 Å². The third-order valence-electron chi connectivity index (χ3n) is 2.30. The van der Waals surface area contributed by atoms with Crippen molar-refractivity contribution >= 4 is 0 Å². The smallest absolute Gasteiger partial charge is 0.253 e. The Bertz CT molecular complexity index is 111. The van der Waals surface area contributed by atoms with E-state index in [0.29, 0.717) is 6.42 Å². The van der Waals surface area contributed by atoms with Crippen LogP contribution >= 0.6 is 0 Å². The minimum atomic E-state index is -2.17. The van der Waals surface area contributed by atoms with Crippen molar-refractivity contribution in [3.63, 3.8) is 0 Å². The average molecular weight is 163 g/mol. The summed E-state index contributed by atoms with van der Waals surface area (Å²) in [6.07, 6.45) is -0.580. The van der Waals surface area contributed by atoms with E-state index in [1.807, 2.05) is 18.7 Å². The molecule has 1 rings (SSSR count). The molecule has 1 saturated heterocycles. The predicted octanol–water partition coefficient (Wildman–Crippen LogP) is 2.12. The van der Waals surface area contributed by atoms with Crippen molar-refractivity contribution in [2.24, 2.45) is 0 Å². The maximum atomic E-state index is 12.3. The average Bonchev–Trinajstić information content (AvgIpc) is 2.32. The Hall–Kier alpha value is -0.180. The standard InChI is InChI=1S/C8H15F2N/c1-6(2)11-5-3-4-7(11)8(9)10/h6-8H,3-5H2,1-2H3/t7-/m1/s1. The number of likely N-dealkylation sites (tertiary alicyclic amines) is 1. The second-order valence-corrected chi connectivity index (χ2v) is 3.38. The molecule has 0 aromatic rings. The molecule has 0 aromatic heterocycles. The van der Waals surface area contributed by atoms with Gasteiger partial charge in [0.25, 0.3) is 6.43 Å². The quantitative estimate of drug-likeness (QED) is 0.602. The lowest BCUT2D eigenvalue weighted by Crippen LogP contribution is -2.39. The van der Waals surface area contributed by atoms with E-state index in [1.165, 1.54) is 0 Å². The summed E-state index contributed by atoms with van der Waals surface area (Å²) in [7, 11) is 0. The first-order valence-corrected chi connectivity index (χ1v) is 4.17. The number of hydrogen-bond acceptors (Lipinski definition) is 1. The van der Waals surface area contributed by atoms with Crippen LogP contribution in [-0.2, 0) is 0 Å². The van der Waals surface area contributed by atoms with Gasteiger partial charge in [0, 0.05) is 6.04 Å². The number of hydrogen-bond donors (Lipinski definition) is 0. The van der Waals surface area contributed by atoms with Crippen molar-refractivity contribution in [1.82, 2.24) is 4.90 Å². The van der Waals surface area contributed by atoms with Gasteiger partial charge >= 0.3 is 0 Å². The lowest BCUT2D eigenvalue weighted by Gasteiger charge is -2.27. The van der Waals surface area contributed by atoms with Crippen LogP contribution in [0.4, 0.5) is 8.78 Å². The number of halogens is 2. The van der Waals surface area contributed by atoms with Gasteiger partial charge in [-0.25, -0.2) is 8.78 Å². The first-order chi connectivity index (χ1) is 5.13. The maximum Gasteiger partial charge on any atom is 0.253 e. The molecule has 0 amide bonds. The zero-order valence-corrected chi connectivity index (χ0v) is 7.06. The summed E-state index contributed by atoms with van der Waals surface area (Å²) in [5.74, 6) is 0. The summed E-state index contributed by atoms with van der Waals surface area (Å²) < 4.78 is 24.6. The van der Waals surface area contributed by atoms with Crippen molar-refractivity contribution in [3.8, 4) is 0 Å². The summed E-state index contributed by atoms with van der Waals surface area (Å²) in [6.45, 7) is 4.79. The molecule has 0 aromatic carbocycles. The summed E-state index contributed by atoms with van der Waals surface area (Å²) in [5, 5.41) is 0. The number of alkyl halides is 2.